The zero-order valence-electron chi connectivity index (χ0n) is 8.80. The second-order valence-electron chi connectivity index (χ2n) is 4.32. The summed E-state index contributed by atoms with van der Waals surface area (Å²) in [6.45, 7) is 2.19. The molecule has 0 aliphatic rings. The van der Waals surface area contributed by atoms with Gasteiger partial charge in [-0.05, 0) is 44.5 Å². The van der Waals surface area contributed by atoms with Crippen molar-refractivity contribution in [1.82, 2.24) is 0 Å². The smallest absolute Gasteiger partial charge is 0.0969 e. The van der Waals surface area contributed by atoms with Crippen LogP contribution >= 0.6 is 20.3 Å². The van der Waals surface area contributed by atoms with Gasteiger partial charge in [0.1, 0.15) is 0 Å². The molecule has 0 aromatic rings. The van der Waals surface area contributed by atoms with E-state index >= 15 is 0 Å². The average Bonchev–Trinajstić information content (AvgIpc) is 1.56. The lowest BCUT2D eigenvalue weighted by atomic mass is 10.9. The molecule has 11 heavy (non-hydrogen) atoms. The minimum atomic E-state index is -0.786. The van der Waals surface area contributed by atoms with Gasteiger partial charge in [-0.2, -0.15) is 0 Å². The van der Waals surface area contributed by atoms with Gasteiger partial charge in [0, 0.05) is 0 Å². The number of hydrogen-bond acceptors (Lipinski definition) is 1. The average molecular weight is 198 g/mol. The Kier molecular flexibility index (Phi) is 3.80. The van der Waals surface area contributed by atoms with Crippen LogP contribution in [0.3, 0.4) is 0 Å². The summed E-state index contributed by atoms with van der Waals surface area (Å²) in [5.74, 6) is 0. The van der Waals surface area contributed by atoms with Crippen LogP contribution in [-0.4, -0.2) is 43.0 Å². The molecule has 0 aliphatic heterocycles. The summed E-state index contributed by atoms with van der Waals surface area (Å²) in [5.41, 5.74) is 0.428. The second-order valence-corrected chi connectivity index (χ2v) is 12.5. The van der Waals surface area contributed by atoms with E-state index in [2.05, 4.69) is 44.5 Å². The van der Waals surface area contributed by atoms with Gasteiger partial charge in [0.15, 0.2) is 0 Å². The molecule has 1 nitrogen and oxygen atoms in total. The van der Waals surface area contributed by atoms with Crippen molar-refractivity contribution in [3.05, 3.63) is 0 Å². The lowest BCUT2D eigenvalue weighted by Crippen LogP contribution is -2.17. The van der Waals surface area contributed by atoms with Gasteiger partial charge in [0.25, 0.3) is 0 Å². The maximum Gasteiger partial charge on any atom is 0.0969 e. The third-order valence-electron chi connectivity index (χ3n) is 1.42. The van der Waals surface area contributed by atoms with E-state index in [4.69, 9.17) is 4.18 Å². The largest absolute Gasteiger partial charge is 0.325 e. The van der Waals surface area contributed by atoms with Crippen molar-refractivity contribution in [2.24, 2.45) is 0 Å². The standard InChI is InChI=1S/C8H22OS2/c1-8(10(2,3)4)9-11(5,6)7/h8H,1-7H3. The fourth-order valence-corrected chi connectivity index (χ4v) is 2.99. The number of rotatable bonds is 3. The van der Waals surface area contributed by atoms with Crippen LogP contribution in [0.15, 0.2) is 0 Å². The Labute approximate surface area is 74.7 Å². The second kappa shape index (κ2) is 3.58. The van der Waals surface area contributed by atoms with Gasteiger partial charge in [-0.15, -0.1) is 10.3 Å². The first-order valence-corrected chi connectivity index (χ1v) is 9.37. The van der Waals surface area contributed by atoms with E-state index in [0.717, 1.165) is 0 Å². The summed E-state index contributed by atoms with van der Waals surface area (Å²) in [7, 11) is -1.32. The molecule has 1 unspecified atom stereocenters. The zero-order chi connectivity index (χ0) is 9.28. The topological polar surface area (TPSA) is 9.23 Å². The maximum atomic E-state index is 5.92. The van der Waals surface area contributed by atoms with Gasteiger partial charge >= 0.3 is 0 Å². The monoisotopic (exact) mass is 198 g/mol. The van der Waals surface area contributed by atoms with E-state index < -0.39 is 20.3 Å². The van der Waals surface area contributed by atoms with E-state index in [9.17, 15) is 0 Å². The Balaban J connectivity index is 3.99. The maximum absolute atomic E-state index is 5.92. The van der Waals surface area contributed by atoms with Crippen molar-refractivity contribution in [3.8, 4) is 0 Å². The van der Waals surface area contributed by atoms with E-state index in [-0.39, 0.29) is 0 Å². The molecule has 72 valence electrons. The Hall–Kier alpha value is 0.660. The molecule has 0 aromatic carbocycles. The van der Waals surface area contributed by atoms with Crippen LogP contribution < -0.4 is 0 Å². The van der Waals surface area contributed by atoms with Gasteiger partial charge in [0.05, 0.1) is 5.44 Å². The predicted molar refractivity (Wildman–Crippen MR) is 61.3 cm³/mol. The molecule has 0 heterocycles. The predicted octanol–water partition coefficient (Wildman–Crippen LogP) is 2.65. The SMILES string of the molecule is CC(OS(C)(C)C)S(C)(C)C. The lowest BCUT2D eigenvalue weighted by Gasteiger charge is -2.39. The van der Waals surface area contributed by atoms with Crippen LogP contribution in [0.1, 0.15) is 6.92 Å². The van der Waals surface area contributed by atoms with Crippen LogP contribution in [-0.2, 0) is 4.18 Å². The van der Waals surface area contributed by atoms with E-state index in [1.165, 1.54) is 0 Å². The molecule has 0 N–H and O–H groups in total. The number of hydrogen-bond donors (Lipinski definition) is 0. The molecule has 3 heteroatoms. The first-order chi connectivity index (χ1) is 4.63. The first-order valence-electron chi connectivity index (χ1n) is 3.66. The summed E-state index contributed by atoms with van der Waals surface area (Å²) in [6, 6.07) is 0. The molecule has 0 bridgehead atoms. The van der Waals surface area contributed by atoms with Gasteiger partial charge in [0.2, 0.25) is 0 Å². The fourth-order valence-electron chi connectivity index (χ4n) is 0.524. The third-order valence-corrected chi connectivity index (χ3v) is 4.50. The normalized spacial score (nSPS) is 19.5. The van der Waals surface area contributed by atoms with Gasteiger partial charge in [-0.25, -0.2) is 10.0 Å². The highest BCUT2D eigenvalue weighted by molar-refractivity contribution is 8.33. The summed E-state index contributed by atoms with van der Waals surface area (Å²) in [6.07, 6.45) is 13.5. The van der Waals surface area contributed by atoms with Crippen molar-refractivity contribution in [2.75, 3.05) is 37.5 Å². The fraction of sp³-hybridized carbons (Fsp3) is 1.00. The van der Waals surface area contributed by atoms with Gasteiger partial charge in [-0.3, -0.25) is 0 Å². The van der Waals surface area contributed by atoms with Crippen LogP contribution in [0.2, 0.25) is 0 Å². The first kappa shape index (κ1) is 11.7. The molecule has 0 rings (SSSR count). The summed E-state index contributed by atoms with van der Waals surface area (Å²) < 4.78 is 5.92. The minimum absolute atomic E-state index is 0.428. The molecule has 0 saturated heterocycles. The van der Waals surface area contributed by atoms with Crippen molar-refractivity contribution >= 4 is 20.3 Å². The van der Waals surface area contributed by atoms with Crippen LogP contribution in [0.25, 0.3) is 0 Å². The molecular formula is C8H22OS2. The summed E-state index contributed by atoms with van der Waals surface area (Å²) in [5, 5.41) is 0. The van der Waals surface area contributed by atoms with E-state index in [1.54, 1.807) is 0 Å². The third kappa shape index (κ3) is 5.88. The highest BCUT2D eigenvalue weighted by Crippen LogP contribution is 2.49. The van der Waals surface area contributed by atoms with E-state index in [0.29, 0.717) is 5.44 Å². The van der Waals surface area contributed by atoms with Crippen LogP contribution in [0.5, 0.6) is 0 Å². The van der Waals surface area contributed by atoms with E-state index in [1.807, 2.05) is 0 Å². The molecule has 0 saturated carbocycles. The van der Waals surface area contributed by atoms with Gasteiger partial charge < -0.3 is 4.18 Å². The molecule has 0 radical (unpaired) electrons. The minimum Gasteiger partial charge on any atom is -0.325 e. The van der Waals surface area contributed by atoms with Crippen molar-refractivity contribution < 1.29 is 4.18 Å². The highest BCUT2D eigenvalue weighted by Gasteiger charge is 2.19. The van der Waals surface area contributed by atoms with Crippen molar-refractivity contribution in [2.45, 2.75) is 12.4 Å². The van der Waals surface area contributed by atoms with Gasteiger partial charge in [-0.1, -0.05) is 0 Å². The molecule has 1 atom stereocenters. The lowest BCUT2D eigenvalue weighted by molar-refractivity contribution is 0.348. The molecule has 0 spiro atoms. The van der Waals surface area contributed by atoms with Crippen LogP contribution in [0.4, 0.5) is 0 Å². The summed E-state index contributed by atoms with van der Waals surface area (Å²) >= 11 is 0. The summed E-state index contributed by atoms with van der Waals surface area (Å²) in [4.78, 5) is 0. The molecule has 0 amide bonds. The molecular weight excluding hydrogens is 176 g/mol. The molecule has 0 aliphatic carbocycles. The van der Waals surface area contributed by atoms with Crippen molar-refractivity contribution in [3.63, 3.8) is 0 Å². The quantitative estimate of drug-likeness (QED) is 0.677. The molecule has 0 aromatic heterocycles. The Morgan fingerprint density at radius 3 is 1.36 bits per heavy atom. The Morgan fingerprint density at radius 2 is 1.27 bits per heavy atom. The molecule has 0 fully saturated rings. The highest BCUT2D eigenvalue weighted by atomic mass is 32.3. The van der Waals surface area contributed by atoms with Crippen LogP contribution in [0, 0.1) is 0 Å². The zero-order valence-corrected chi connectivity index (χ0v) is 10.4. The van der Waals surface area contributed by atoms with Crippen molar-refractivity contribution in [1.29, 1.82) is 0 Å². The Morgan fingerprint density at radius 1 is 0.909 bits per heavy atom. The Bertz CT molecular complexity index is 121.